The maximum atomic E-state index is 12.6. The highest BCUT2D eigenvalue weighted by molar-refractivity contribution is 5.93. The molecule has 1 aliphatic rings. The van der Waals surface area contributed by atoms with E-state index in [2.05, 4.69) is 10.6 Å². The number of likely N-dealkylation sites (tertiary alicyclic amines) is 1. The van der Waals surface area contributed by atoms with Crippen molar-refractivity contribution in [2.24, 2.45) is 11.8 Å². The number of amides is 3. The first-order chi connectivity index (χ1) is 13.0. The largest absolute Gasteiger partial charge is 0.326 e. The van der Waals surface area contributed by atoms with Crippen molar-refractivity contribution in [3.8, 4) is 0 Å². The van der Waals surface area contributed by atoms with E-state index >= 15 is 0 Å². The molecule has 1 saturated heterocycles. The number of nitrogens with zero attached hydrogens (tertiary/aromatic N) is 1. The van der Waals surface area contributed by atoms with Crippen LogP contribution in [0.2, 0.25) is 0 Å². The Morgan fingerprint density at radius 3 is 2.26 bits per heavy atom. The molecule has 0 saturated carbocycles. The van der Waals surface area contributed by atoms with Gasteiger partial charge in [-0.25, -0.2) is 4.79 Å². The normalized spacial score (nSPS) is 15.9. The molecule has 1 heterocycles. The van der Waals surface area contributed by atoms with Crippen molar-refractivity contribution in [3.63, 3.8) is 0 Å². The van der Waals surface area contributed by atoms with Gasteiger partial charge < -0.3 is 15.5 Å². The number of piperidine rings is 1. The minimum Gasteiger partial charge on any atom is -0.326 e. The quantitative estimate of drug-likeness (QED) is 0.837. The number of nitrogens with one attached hydrogen (secondary N) is 2. The van der Waals surface area contributed by atoms with E-state index in [9.17, 15) is 9.59 Å². The first-order valence-electron chi connectivity index (χ1n) is 9.52. The fourth-order valence-electron chi connectivity index (χ4n) is 3.50. The van der Waals surface area contributed by atoms with Crippen LogP contribution in [0.1, 0.15) is 25.3 Å². The third kappa shape index (κ3) is 4.88. The molecular formula is C22H27N3O2. The van der Waals surface area contributed by atoms with Crippen LogP contribution in [0.5, 0.6) is 0 Å². The Hall–Kier alpha value is -2.82. The number of para-hydroxylation sites is 2. The first-order valence-corrected chi connectivity index (χ1v) is 9.52. The van der Waals surface area contributed by atoms with E-state index in [1.165, 1.54) is 0 Å². The van der Waals surface area contributed by atoms with Crippen LogP contribution in [-0.2, 0) is 4.79 Å². The van der Waals surface area contributed by atoms with E-state index in [-0.39, 0.29) is 23.8 Å². The van der Waals surface area contributed by atoms with Crippen LogP contribution < -0.4 is 10.6 Å². The van der Waals surface area contributed by atoms with Gasteiger partial charge in [-0.15, -0.1) is 0 Å². The van der Waals surface area contributed by atoms with E-state index in [4.69, 9.17) is 0 Å². The Labute approximate surface area is 160 Å². The summed E-state index contributed by atoms with van der Waals surface area (Å²) in [5, 5.41) is 5.97. The molecule has 2 N–H and O–H groups in total. The van der Waals surface area contributed by atoms with Gasteiger partial charge in [-0.05, 0) is 49.4 Å². The number of benzene rings is 2. The number of rotatable bonds is 4. The molecule has 0 spiro atoms. The Balaban J connectivity index is 1.50. The van der Waals surface area contributed by atoms with E-state index in [0.29, 0.717) is 13.1 Å². The molecule has 2 aromatic carbocycles. The SMILES string of the molecule is Cc1ccccc1NC(=O)C(C)C1CCN(C(=O)Nc2ccccc2)CC1. The van der Waals surface area contributed by atoms with Crippen LogP contribution in [0.4, 0.5) is 16.2 Å². The molecule has 5 heteroatoms. The number of aryl methyl sites for hydroxylation is 1. The van der Waals surface area contributed by atoms with Crippen LogP contribution in [0, 0.1) is 18.8 Å². The molecule has 0 bridgehead atoms. The van der Waals surface area contributed by atoms with Crippen molar-refractivity contribution in [2.45, 2.75) is 26.7 Å². The van der Waals surface area contributed by atoms with E-state index in [1.807, 2.05) is 73.3 Å². The van der Waals surface area contributed by atoms with Crippen LogP contribution in [0.25, 0.3) is 0 Å². The van der Waals surface area contributed by atoms with Gasteiger partial charge in [0.05, 0.1) is 0 Å². The fourth-order valence-corrected chi connectivity index (χ4v) is 3.50. The summed E-state index contributed by atoms with van der Waals surface area (Å²) < 4.78 is 0. The molecule has 3 rings (SSSR count). The topological polar surface area (TPSA) is 61.4 Å². The zero-order valence-corrected chi connectivity index (χ0v) is 15.9. The number of hydrogen-bond donors (Lipinski definition) is 2. The average Bonchev–Trinajstić information content (AvgIpc) is 2.70. The lowest BCUT2D eigenvalue weighted by Crippen LogP contribution is -2.43. The Morgan fingerprint density at radius 1 is 0.963 bits per heavy atom. The van der Waals surface area contributed by atoms with Crippen LogP contribution in [0.3, 0.4) is 0 Å². The van der Waals surface area contributed by atoms with Gasteiger partial charge in [0.15, 0.2) is 0 Å². The molecule has 3 amide bonds. The summed E-state index contributed by atoms with van der Waals surface area (Å²) in [6.07, 6.45) is 1.68. The third-order valence-electron chi connectivity index (χ3n) is 5.38. The van der Waals surface area contributed by atoms with Gasteiger partial charge in [0.2, 0.25) is 5.91 Å². The van der Waals surface area contributed by atoms with Gasteiger partial charge in [-0.3, -0.25) is 4.79 Å². The highest BCUT2D eigenvalue weighted by Crippen LogP contribution is 2.27. The maximum Gasteiger partial charge on any atom is 0.321 e. The average molecular weight is 365 g/mol. The van der Waals surface area contributed by atoms with Crippen molar-refractivity contribution in [1.82, 2.24) is 4.90 Å². The molecule has 5 nitrogen and oxygen atoms in total. The molecule has 0 aliphatic carbocycles. The molecule has 1 atom stereocenters. The number of hydrogen-bond acceptors (Lipinski definition) is 2. The minimum absolute atomic E-state index is 0.0523. The zero-order chi connectivity index (χ0) is 19.2. The minimum atomic E-state index is -0.0797. The lowest BCUT2D eigenvalue weighted by atomic mass is 9.85. The molecule has 1 aliphatic heterocycles. The van der Waals surface area contributed by atoms with Gasteiger partial charge >= 0.3 is 6.03 Å². The molecule has 1 unspecified atom stereocenters. The van der Waals surface area contributed by atoms with E-state index in [1.54, 1.807) is 0 Å². The van der Waals surface area contributed by atoms with E-state index < -0.39 is 0 Å². The number of carbonyl (C=O) groups excluding carboxylic acids is 2. The van der Waals surface area contributed by atoms with Gasteiger partial charge in [0.1, 0.15) is 0 Å². The van der Waals surface area contributed by atoms with Gasteiger partial charge in [-0.2, -0.15) is 0 Å². The summed E-state index contributed by atoms with van der Waals surface area (Å²) in [4.78, 5) is 26.8. The number of carbonyl (C=O) groups is 2. The van der Waals surface area contributed by atoms with Crippen molar-refractivity contribution in [1.29, 1.82) is 0 Å². The van der Waals surface area contributed by atoms with Crippen molar-refractivity contribution in [3.05, 3.63) is 60.2 Å². The summed E-state index contributed by atoms with van der Waals surface area (Å²) in [7, 11) is 0. The maximum absolute atomic E-state index is 12.6. The van der Waals surface area contributed by atoms with Crippen molar-refractivity contribution < 1.29 is 9.59 Å². The standard InChI is InChI=1S/C22H27N3O2/c1-16-8-6-7-11-20(16)24-21(26)17(2)18-12-14-25(15-13-18)22(27)23-19-9-4-3-5-10-19/h3-11,17-18H,12-15H2,1-2H3,(H,23,27)(H,24,26). The van der Waals surface area contributed by atoms with E-state index in [0.717, 1.165) is 29.8 Å². The summed E-state index contributed by atoms with van der Waals surface area (Å²) in [6.45, 7) is 5.32. The molecule has 0 aromatic heterocycles. The van der Waals surface area contributed by atoms with Crippen LogP contribution in [0.15, 0.2) is 54.6 Å². The monoisotopic (exact) mass is 365 g/mol. The molecule has 0 radical (unpaired) electrons. The second kappa shape index (κ2) is 8.71. The predicted molar refractivity (Wildman–Crippen MR) is 109 cm³/mol. The Kier molecular flexibility index (Phi) is 6.12. The first kappa shape index (κ1) is 19.0. The summed E-state index contributed by atoms with van der Waals surface area (Å²) in [5.74, 6) is 0.259. The second-order valence-corrected chi connectivity index (χ2v) is 7.21. The van der Waals surface area contributed by atoms with Crippen LogP contribution >= 0.6 is 0 Å². The highest BCUT2D eigenvalue weighted by Gasteiger charge is 2.30. The Bertz CT molecular complexity index is 783. The van der Waals surface area contributed by atoms with Crippen molar-refractivity contribution in [2.75, 3.05) is 23.7 Å². The Morgan fingerprint density at radius 2 is 1.59 bits per heavy atom. The highest BCUT2D eigenvalue weighted by atomic mass is 16.2. The molecule has 1 fully saturated rings. The third-order valence-corrected chi connectivity index (χ3v) is 5.38. The number of anilines is 2. The summed E-state index contributed by atoms with van der Waals surface area (Å²) >= 11 is 0. The van der Waals surface area contributed by atoms with Crippen molar-refractivity contribution >= 4 is 23.3 Å². The summed E-state index contributed by atoms with van der Waals surface area (Å²) in [5.41, 5.74) is 2.73. The molecule has 142 valence electrons. The lowest BCUT2D eigenvalue weighted by Gasteiger charge is -2.34. The van der Waals surface area contributed by atoms with Gasteiger partial charge in [0, 0.05) is 30.4 Å². The molecule has 2 aromatic rings. The van der Waals surface area contributed by atoms with Gasteiger partial charge in [0.25, 0.3) is 0 Å². The smallest absolute Gasteiger partial charge is 0.321 e. The fraction of sp³-hybridized carbons (Fsp3) is 0.364. The summed E-state index contributed by atoms with van der Waals surface area (Å²) in [6, 6.07) is 17.2. The zero-order valence-electron chi connectivity index (χ0n) is 15.9. The van der Waals surface area contributed by atoms with Gasteiger partial charge in [-0.1, -0.05) is 43.3 Å². The number of urea groups is 1. The predicted octanol–water partition coefficient (Wildman–Crippen LogP) is 4.51. The molecular weight excluding hydrogens is 338 g/mol. The lowest BCUT2D eigenvalue weighted by molar-refractivity contribution is -0.121. The van der Waals surface area contributed by atoms with Crippen LogP contribution in [-0.4, -0.2) is 29.9 Å². The second-order valence-electron chi connectivity index (χ2n) is 7.21. The molecule has 27 heavy (non-hydrogen) atoms.